The second kappa shape index (κ2) is 5.82. The van der Waals surface area contributed by atoms with Gasteiger partial charge in [0.05, 0.1) is 11.6 Å². The molecule has 0 amide bonds. The number of nitrogens with one attached hydrogen (secondary N) is 1. The molecule has 1 aliphatic carbocycles. The Morgan fingerprint density at radius 1 is 1.29 bits per heavy atom. The molecule has 3 rings (SSSR count). The van der Waals surface area contributed by atoms with Crippen LogP contribution in [0.5, 0.6) is 0 Å². The van der Waals surface area contributed by atoms with E-state index >= 15 is 0 Å². The fourth-order valence-electron chi connectivity index (χ4n) is 2.93. The van der Waals surface area contributed by atoms with Gasteiger partial charge in [0.15, 0.2) is 0 Å². The Balaban J connectivity index is 1.95. The number of benzene rings is 1. The van der Waals surface area contributed by atoms with E-state index < -0.39 is 0 Å². The Labute approximate surface area is 130 Å². The number of aromatic nitrogens is 1. The first-order chi connectivity index (χ1) is 10.1. The van der Waals surface area contributed by atoms with Gasteiger partial charge in [-0.15, -0.1) is 0 Å². The van der Waals surface area contributed by atoms with Gasteiger partial charge < -0.3 is 11.1 Å². The third-order valence-corrected chi connectivity index (χ3v) is 4.20. The molecule has 0 saturated heterocycles. The Hall–Kier alpha value is -1.94. The molecular formula is C17H19N3S. The Morgan fingerprint density at radius 2 is 2.10 bits per heavy atom. The maximum Gasteiger partial charge on any atom is 0.136 e. The predicted molar refractivity (Wildman–Crippen MR) is 90.6 cm³/mol. The zero-order valence-corrected chi connectivity index (χ0v) is 12.9. The monoisotopic (exact) mass is 297 g/mol. The summed E-state index contributed by atoms with van der Waals surface area (Å²) in [5.74, 6) is 0.796. The van der Waals surface area contributed by atoms with Crippen LogP contribution in [0.2, 0.25) is 0 Å². The lowest BCUT2D eigenvalue weighted by atomic mass is 9.87. The van der Waals surface area contributed by atoms with E-state index in [0.717, 1.165) is 29.9 Å². The van der Waals surface area contributed by atoms with Crippen LogP contribution < -0.4 is 11.1 Å². The number of hydrogen-bond acceptors (Lipinski definition) is 3. The summed E-state index contributed by atoms with van der Waals surface area (Å²) in [5, 5.41) is 3.55. The molecule has 3 N–H and O–H groups in total. The smallest absolute Gasteiger partial charge is 0.136 e. The maximum atomic E-state index is 5.82. The van der Waals surface area contributed by atoms with E-state index in [2.05, 4.69) is 34.6 Å². The standard InChI is InChI=1S/C17H19N3S/c1-11-9-10-14(16(18)21)17(19-11)20-15-8-4-6-12-5-2-3-7-13(12)15/h2-3,5,7,9-10,15H,4,6,8H2,1H3,(H2,18,21)(H,19,20). The van der Waals surface area contributed by atoms with Crippen LogP contribution in [0.3, 0.4) is 0 Å². The average molecular weight is 297 g/mol. The van der Waals surface area contributed by atoms with Crippen molar-refractivity contribution in [3.05, 3.63) is 58.8 Å². The minimum atomic E-state index is 0.275. The van der Waals surface area contributed by atoms with E-state index in [9.17, 15) is 0 Å². The number of pyridine rings is 1. The lowest BCUT2D eigenvalue weighted by molar-refractivity contribution is 0.598. The minimum absolute atomic E-state index is 0.275. The molecule has 1 aromatic carbocycles. The van der Waals surface area contributed by atoms with Gasteiger partial charge in [0, 0.05) is 5.69 Å². The summed E-state index contributed by atoms with van der Waals surface area (Å²) >= 11 is 5.14. The Kier molecular flexibility index (Phi) is 3.88. The van der Waals surface area contributed by atoms with Crippen molar-refractivity contribution < 1.29 is 0 Å². The molecular weight excluding hydrogens is 278 g/mol. The lowest BCUT2D eigenvalue weighted by Gasteiger charge is -2.27. The molecule has 1 atom stereocenters. The Bertz CT molecular complexity index is 681. The van der Waals surface area contributed by atoms with Gasteiger partial charge in [-0.2, -0.15) is 0 Å². The first-order valence-electron chi connectivity index (χ1n) is 7.27. The highest BCUT2D eigenvalue weighted by Crippen LogP contribution is 2.32. The van der Waals surface area contributed by atoms with Crippen LogP contribution in [0.25, 0.3) is 0 Å². The van der Waals surface area contributed by atoms with Crippen LogP contribution in [0.15, 0.2) is 36.4 Å². The molecule has 0 saturated carbocycles. The number of nitrogens with two attached hydrogens (primary N) is 1. The number of aryl methyl sites for hydroxylation is 2. The molecule has 21 heavy (non-hydrogen) atoms. The van der Waals surface area contributed by atoms with Crippen LogP contribution in [0.4, 0.5) is 5.82 Å². The first kappa shape index (κ1) is 14.0. The molecule has 0 radical (unpaired) electrons. The van der Waals surface area contributed by atoms with Gasteiger partial charge in [0.1, 0.15) is 10.8 Å². The highest BCUT2D eigenvalue weighted by atomic mass is 32.1. The van der Waals surface area contributed by atoms with Crippen LogP contribution in [-0.4, -0.2) is 9.97 Å². The summed E-state index contributed by atoms with van der Waals surface area (Å²) < 4.78 is 0. The molecule has 108 valence electrons. The molecule has 1 aromatic heterocycles. The minimum Gasteiger partial charge on any atom is -0.389 e. The zero-order chi connectivity index (χ0) is 14.8. The number of fused-ring (bicyclic) bond motifs is 1. The van der Waals surface area contributed by atoms with Crippen molar-refractivity contribution in [3.8, 4) is 0 Å². The topological polar surface area (TPSA) is 50.9 Å². The summed E-state index contributed by atoms with van der Waals surface area (Å²) in [6, 6.07) is 12.8. The van der Waals surface area contributed by atoms with Gasteiger partial charge in [0.2, 0.25) is 0 Å². The van der Waals surface area contributed by atoms with Crippen LogP contribution in [0.1, 0.15) is 41.3 Å². The zero-order valence-electron chi connectivity index (χ0n) is 12.1. The van der Waals surface area contributed by atoms with E-state index in [1.54, 1.807) is 0 Å². The Morgan fingerprint density at radius 3 is 2.90 bits per heavy atom. The quantitative estimate of drug-likeness (QED) is 0.851. The van der Waals surface area contributed by atoms with E-state index in [1.807, 2.05) is 19.1 Å². The van der Waals surface area contributed by atoms with E-state index in [-0.39, 0.29) is 6.04 Å². The van der Waals surface area contributed by atoms with Crippen LogP contribution >= 0.6 is 12.2 Å². The highest BCUT2D eigenvalue weighted by Gasteiger charge is 2.21. The molecule has 1 unspecified atom stereocenters. The first-order valence-corrected chi connectivity index (χ1v) is 7.68. The SMILES string of the molecule is Cc1ccc(C(N)=S)c(NC2CCCc3ccccc32)n1. The molecule has 0 spiro atoms. The van der Waals surface area contributed by atoms with Crippen molar-refractivity contribution >= 4 is 23.0 Å². The fraction of sp³-hybridized carbons (Fsp3) is 0.294. The van der Waals surface area contributed by atoms with Gasteiger partial charge in [-0.1, -0.05) is 36.5 Å². The van der Waals surface area contributed by atoms with Gasteiger partial charge in [-0.3, -0.25) is 0 Å². The van der Waals surface area contributed by atoms with Crippen molar-refractivity contribution in [1.29, 1.82) is 0 Å². The third kappa shape index (κ3) is 2.90. The van der Waals surface area contributed by atoms with Crippen molar-refractivity contribution in [2.75, 3.05) is 5.32 Å². The maximum absolute atomic E-state index is 5.82. The van der Waals surface area contributed by atoms with E-state index in [1.165, 1.54) is 17.5 Å². The summed E-state index contributed by atoms with van der Waals surface area (Å²) in [6.45, 7) is 1.98. The number of nitrogens with zero attached hydrogens (tertiary/aromatic N) is 1. The second-order valence-electron chi connectivity index (χ2n) is 5.50. The molecule has 3 nitrogen and oxygen atoms in total. The second-order valence-corrected chi connectivity index (χ2v) is 5.94. The van der Waals surface area contributed by atoms with Gasteiger partial charge >= 0.3 is 0 Å². The summed E-state index contributed by atoms with van der Waals surface area (Å²) in [4.78, 5) is 4.97. The highest BCUT2D eigenvalue weighted by molar-refractivity contribution is 7.80. The number of anilines is 1. The number of thiocarbonyl (C=S) groups is 1. The molecule has 1 heterocycles. The summed E-state index contributed by atoms with van der Waals surface area (Å²) in [7, 11) is 0. The summed E-state index contributed by atoms with van der Waals surface area (Å²) in [6.07, 6.45) is 3.43. The van der Waals surface area contributed by atoms with Crippen LogP contribution in [0, 0.1) is 6.92 Å². The predicted octanol–water partition coefficient (Wildman–Crippen LogP) is 3.51. The van der Waals surface area contributed by atoms with E-state index in [4.69, 9.17) is 18.0 Å². The van der Waals surface area contributed by atoms with Crippen molar-refractivity contribution in [1.82, 2.24) is 4.98 Å². The lowest BCUT2D eigenvalue weighted by Crippen LogP contribution is -2.21. The number of hydrogen-bond donors (Lipinski definition) is 2. The largest absolute Gasteiger partial charge is 0.389 e. The molecule has 2 aromatic rings. The number of rotatable bonds is 3. The van der Waals surface area contributed by atoms with Crippen molar-refractivity contribution in [3.63, 3.8) is 0 Å². The fourth-order valence-corrected chi connectivity index (χ4v) is 3.10. The molecule has 0 bridgehead atoms. The van der Waals surface area contributed by atoms with Crippen molar-refractivity contribution in [2.45, 2.75) is 32.2 Å². The molecule has 0 fully saturated rings. The van der Waals surface area contributed by atoms with Gasteiger partial charge in [-0.05, 0) is 49.4 Å². The summed E-state index contributed by atoms with van der Waals surface area (Å²) in [5.41, 5.74) is 10.4. The normalized spacial score (nSPS) is 17.1. The molecule has 1 aliphatic rings. The van der Waals surface area contributed by atoms with E-state index in [0.29, 0.717) is 4.99 Å². The third-order valence-electron chi connectivity index (χ3n) is 3.98. The molecule has 4 heteroatoms. The average Bonchev–Trinajstić information content (AvgIpc) is 2.47. The van der Waals surface area contributed by atoms with Gasteiger partial charge in [-0.25, -0.2) is 4.98 Å². The molecule has 0 aliphatic heterocycles. The van der Waals surface area contributed by atoms with Crippen molar-refractivity contribution in [2.24, 2.45) is 5.73 Å². The van der Waals surface area contributed by atoms with Gasteiger partial charge in [0.25, 0.3) is 0 Å². The van der Waals surface area contributed by atoms with Crippen LogP contribution in [-0.2, 0) is 6.42 Å².